The maximum absolute atomic E-state index is 12.2. The van der Waals surface area contributed by atoms with Crippen LogP contribution >= 0.6 is 11.6 Å². The summed E-state index contributed by atoms with van der Waals surface area (Å²) in [6.07, 6.45) is 0. The van der Waals surface area contributed by atoms with Crippen molar-refractivity contribution in [3.63, 3.8) is 0 Å². The van der Waals surface area contributed by atoms with E-state index in [9.17, 15) is 4.79 Å². The Morgan fingerprint density at radius 1 is 1.33 bits per heavy atom. The van der Waals surface area contributed by atoms with Crippen molar-refractivity contribution >= 4 is 34.1 Å². The van der Waals surface area contributed by atoms with E-state index in [1.165, 1.54) is 0 Å². The molecule has 3 heterocycles. The molecule has 0 radical (unpaired) electrons. The van der Waals surface area contributed by atoms with Gasteiger partial charge in [-0.15, -0.1) is 10.2 Å². The second-order valence-corrected chi connectivity index (χ2v) is 6.17. The summed E-state index contributed by atoms with van der Waals surface area (Å²) < 4.78 is 1.82. The van der Waals surface area contributed by atoms with Gasteiger partial charge < -0.3 is 15.2 Å². The van der Waals surface area contributed by atoms with E-state index in [1.807, 2.05) is 41.8 Å². The summed E-state index contributed by atoms with van der Waals surface area (Å²) in [6, 6.07) is 9.75. The highest BCUT2D eigenvalue weighted by Gasteiger charge is 2.32. The monoisotopic (exact) mass is 344 g/mol. The number of halogens is 1. The number of imidazole rings is 1. The first-order chi connectivity index (χ1) is 11.7. The summed E-state index contributed by atoms with van der Waals surface area (Å²) in [5.74, 6) is 0.763. The molecule has 1 aromatic carbocycles. The zero-order valence-corrected chi connectivity index (χ0v) is 13.9. The lowest BCUT2D eigenvalue weighted by Crippen LogP contribution is -2.50. The van der Waals surface area contributed by atoms with Gasteiger partial charge in [0.2, 0.25) is 0 Å². The number of aromatic nitrogens is 4. The number of hydrogen-bond acceptors (Lipinski definition) is 5. The Morgan fingerprint density at radius 3 is 2.92 bits per heavy atom. The minimum absolute atomic E-state index is 0.0728. The number of benzene rings is 1. The van der Waals surface area contributed by atoms with Crippen LogP contribution in [-0.4, -0.2) is 39.4 Å². The molecule has 0 amide bonds. The molecule has 7 nitrogen and oxygen atoms in total. The highest BCUT2D eigenvalue weighted by atomic mass is 35.5. The van der Waals surface area contributed by atoms with E-state index in [0.717, 1.165) is 29.1 Å². The predicted octanol–water partition coefficient (Wildman–Crippen LogP) is 2.27. The Hall–Kier alpha value is -2.54. The Bertz CT molecular complexity index is 943. The smallest absolute Gasteiger partial charge is 0.326 e. The van der Waals surface area contributed by atoms with Crippen LogP contribution in [-0.2, 0) is 0 Å². The number of H-pyrrole nitrogens is 1. The van der Waals surface area contributed by atoms with Crippen molar-refractivity contribution in [2.45, 2.75) is 13.0 Å². The molecule has 1 aliphatic rings. The number of para-hydroxylation sites is 2. The van der Waals surface area contributed by atoms with Crippen LogP contribution in [0.2, 0.25) is 5.15 Å². The summed E-state index contributed by atoms with van der Waals surface area (Å²) in [6.45, 7) is 4.19. The predicted molar refractivity (Wildman–Crippen MR) is 95.0 cm³/mol. The van der Waals surface area contributed by atoms with Crippen LogP contribution in [0, 0.1) is 0 Å². The molecule has 3 aromatic rings. The van der Waals surface area contributed by atoms with Gasteiger partial charge in [0, 0.05) is 25.7 Å². The number of anilines is 2. The fourth-order valence-electron chi connectivity index (χ4n) is 3.08. The van der Waals surface area contributed by atoms with E-state index in [2.05, 4.69) is 25.4 Å². The first-order valence-corrected chi connectivity index (χ1v) is 8.26. The molecule has 0 saturated carbocycles. The van der Waals surface area contributed by atoms with Crippen molar-refractivity contribution in [1.82, 2.24) is 19.7 Å². The number of aromatic amines is 1. The molecule has 24 heavy (non-hydrogen) atoms. The Kier molecular flexibility index (Phi) is 3.65. The van der Waals surface area contributed by atoms with E-state index in [-0.39, 0.29) is 11.7 Å². The minimum Gasteiger partial charge on any atom is -0.383 e. The normalized spacial score (nSPS) is 14.8. The third-order valence-electron chi connectivity index (χ3n) is 4.28. The second-order valence-electron chi connectivity index (χ2n) is 5.81. The molecular weight excluding hydrogens is 328 g/mol. The van der Waals surface area contributed by atoms with Gasteiger partial charge in [-0.05, 0) is 19.1 Å². The lowest BCUT2D eigenvalue weighted by atomic mass is 10.1. The molecule has 2 aromatic heterocycles. The average Bonchev–Trinajstić information content (AvgIpc) is 2.86. The van der Waals surface area contributed by atoms with Crippen molar-refractivity contribution < 1.29 is 0 Å². The van der Waals surface area contributed by atoms with E-state index in [4.69, 9.17) is 11.6 Å². The van der Waals surface area contributed by atoms with Gasteiger partial charge in [0.05, 0.1) is 22.8 Å². The molecule has 8 heteroatoms. The molecule has 0 unspecified atom stereocenters. The second kappa shape index (κ2) is 5.83. The third-order valence-corrected chi connectivity index (χ3v) is 4.56. The van der Waals surface area contributed by atoms with Gasteiger partial charge in [0.1, 0.15) is 0 Å². The topological polar surface area (TPSA) is 78.8 Å². The molecule has 0 spiro atoms. The van der Waals surface area contributed by atoms with E-state index in [0.29, 0.717) is 18.2 Å². The van der Waals surface area contributed by atoms with Gasteiger partial charge in [0.25, 0.3) is 0 Å². The first-order valence-electron chi connectivity index (χ1n) is 7.88. The SMILES string of the molecule is CCNc1cc(N2CC(n3c(=O)[nH]c4ccccc43)C2)nnc1Cl. The molecule has 4 rings (SSSR count). The van der Waals surface area contributed by atoms with Crippen LogP contribution < -0.4 is 15.9 Å². The quantitative estimate of drug-likeness (QED) is 0.759. The summed E-state index contributed by atoms with van der Waals surface area (Å²) in [5.41, 5.74) is 2.50. The first kappa shape index (κ1) is 15.0. The van der Waals surface area contributed by atoms with Gasteiger partial charge in [-0.2, -0.15) is 0 Å². The summed E-state index contributed by atoms with van der Waals surface area (Å²) in [7, 11) is 0. The average molecular weight is 345 g/mol. The maximum Gasteiger partial charge on any atom is 0.326 e. The fraction of sp³-hybridized carbons (Fsp3) is 0.312. The van der Waals surface area contributed by atoms with Crippen LogP contribution in [0.4, 0.5) is 11.5 Å². The number of hydrogen-bond donors (Lipinski definition) is 2. The zero-order chi connectivity index (χ0) is 16.7. The molecule has 1 saturated heterocycles. The van der Waals surface area contributed by atoms with Crippen molar-refractivity contribution in [3.05, 3.63) is 46.0 Å². The molecule has 1 aliphatic heterocycles. The van der Waals surface area contributed by atoms with Crippen molar-refractivity contribution in [3.8, 4) is 0 Å². The molecule has 1 fully saturated rings. The van der Waals surface area contributed by atoms with E-state index >= 15 is 0 Å². The van der Waals surface area contributed by atoms with Crippen molar-refractivity contribution in [1.29, 1.82) is 0 Å². The molecule has 2 N–H and O–H groups in total. The highest BCUT2D eigenvalue weighted by molar-refractivity contribution is 6.31. The molecule has 124 valence electrons. The van der Waals surface area contributed by atoms with Gasteiger partial charge >= 0.3 is 5.69 Å². The number of nitrogens with zero attached hydrogens (tertiary/aromatic N) is 4. The summed E-state index contributed by atoms with van der Waals surface area (Å²) >= 11 is 6.03. The minimum atomic E-state index is -0.0728. The van der Waals surface area contributed by atoms with E-state index in [1.54, 1.807) is 0 Å². The summed E-state index contributed by atoms with van der Waals surface area (Å²) in [4.78, 5) is 17.2. The standard InChI is InChI=1S/C16H17ClN6O/c1-2-18-12-7-14(20-21-15(12)17)22-8-10(9-22)23-13-6-4-3-5-11(13)19-16(23)24/h3-7,10H,2,8-9H2,1H3,(H,18,20)(H,19,24). The zero-order valence-electron chi connectivity index (χ0n) is 13.2. The molecular formula is C16H17ClN6O. The van der Waals surface area contributed by atoms with Gasteiger partial charge in [0.15, 0.2) is 11.0 Å². The van der Waals surface area contributed by atoms with Gasteiger partial charge in [-0.1, -0.05) is 23.7 Å². The van der Waals surface area contributed by atoms with Crippen LogP contribution in [0.15, 0.2) is 35.1 Å². The molecule has 0 atom stereocenters. The number of fused-ring (bicyclic) bond motifs is 1. The summed E-state index contributed by atoms with van der Waals surface area (Å²) in [5, 5.41) is 11.7. The van der Waals surface area contributed by atoms with Gasteiger partial charge in [-0.3, -0.25) is 4.57 Å². The Balaban J connectivity index is 1.57. The maximum atomic E-state index is 12.2. The molecule has 0 bridgehead atoms. The Morgan fingerprint density at radius 2 is 2.12 bits per heavy atom. The molecule has 0 aliphatic carbocycles. The highest BCUT2D eigenvalue weighted by Crippen LogP contribution is 2.30. The Labute approximate surface area is 143 Å². The number of rotatable bonds is 4. The van der Waals surface area contributed by atoms with E-state index < -0.39 is 0 Å². The van der Waals surface area contributed by atoms with Crippen molar-refractivity contribution in [2.24, 2.45) is 0 Å². The van der Waals surface area contributed by atoms with Crippen LogP contribution in [0.5, 0.6) is 0 Å². The third kappa shape index (κ3) is 2.41. The fourth-order valence-corrected chi connectivity index (χ4v) is 3.24. The number of nitrogens with one attached hydrogen (secondary N) is 2. The van der Waals surface area contributed by atoms with Crippen LogP contribution in [0.3, 0.4) is 0 Å². The lowest BCUT2D eigenvalue weighted by Gasteiger charge is -2.40. The lowest BCUT2D eigenvalue weighted by molar-refractivity contribution is 0.396. The van der Waals surface area contributed by atoms with Crippen LogP contribution in [0.25, 0.3) is 11.0 Å². The van der Waals surface area contributed by atoms with Crippen molar-refractivity contribution in [2.75, 3.05) is 29.9 Å². The van der Waals surface area contributed by atoms with Gasteiger partial charge in [-0.25, -0.2) is 4.79 Å². The van der Waals surface area contributed by atoms with Crippen LogP contribution in [0.1, 0.15) is 13.0 Å². The largest absolute Gasteiger partial charge is 0.383 e.